The van der Waals surface area contributed by atoms with Crippen LogP contribution in [0.15, 0.2) is 18.3 Å². The maximum Gasteiger partial charge on any atom is 0.339 e. The summed E-state index contributed by atoms with van der Waals surface area (Å²) in [5.74, 6) is -1.66. The van der Waals surface area contributed by atoms with Crippen molar-refractivity contribution in [1.82, 2.24) is 4.98 Å². The molecule has 1 aromatic heterocycles. The zero-order valence-electron chi connectivity index (χ0n) is 6.90. The van der Waals surface area contributed by atoms with Crippen molar-refractivity contribution in [3.8, 4) is 0 Å². The van der Waals surface area contributed by atoms with Gasteiger partial charge in [-0.25, -0.2) is 9.18 Å². The summed E-state index contributed by atoms with van der Waals surface area (Å²) in [6.45, 7) is 0. The van der Waals surface area contributed by atoms with E-state index >= 15 is 0 Å². The third kappa shape index (κ3) is 2.22. The molecule has 0 radical (unpaired) electrons. The number of ether oxygens (including phenoxy) is 1. The Bertz CT molecular complexity index is 299. The number of aliphatic carboxylic acids is 1. The van der Waals surface area contributed by atoms with Crippen LogP contribution in [0.3, 0.4) is 0 Å². The molecule has 0 aromatic carbocycles. The molecule has 5 heteroatoms. The first-order chi connectivity index (χ1) is 6.15. The molecule has 0 fully saturated rings. The summed E-state index contributed by atoms with van der Waals surface area (Å²) in [5, 5.41) is 8.64. The summed E-state index contributed by atoms with van der Waals surface area (Å²) in [6, 6.07) is 2.41. The minimum absolute atomic E-state index is 0.177. The number of hydrogen-bond donors (Lipinski definition) is 1. The molecule has 1 atom stereocenters. The van der Waals surface area contributed by atoms with Crippen LogP contribution < -0.4 is 0 Å². The summed E-state index contributed by atoms with van der Waals surface area (Å²) in [4.78, 5) is 14.1. The van der Waals surface area contributed by atoms with Gasteiger partial charge in [0.25, 0.3) is 0 Å². The van der Waals surface area contributed by atoms with Crippen molar-refractivity contribution in [1.29, 1.82) is 0 Å². The van der Waals surface area contributed by atoms with E-state index in [9.17, 15) is 9.18 Å². The quantitative estimate of drug-likeness (QED) is 0.762. The Morgan fingerprint density at radius 2 is 2.38 bits per heavy atom. The number of rotatable bonds is 3. The van der Waals surface area contributed by atoms with Crippen molar-refractivity contribution in [3.05, 3.63) is 29.8 Å². The Morgan fingerprint density at radius 3 is 2.77 bits per heavy atom. The normalized spacial score (nSPS) is 12.5. The van der Waals surface area contributed by atoms with Gasteiger partial charge in [0.05, 0.1) is 11.9 Å². The molecular weight excluding hydrogens is 177 g/mol. The third-order valence-electron chi connectivity index (χ3n) is 1.48. The fourth-order valence-electron chi connectivity index (χ4n) is 0.890. The highest BCUT2D eigenvalue weighted by molar-refractivity contribution is 5.73. The molecule has 0 spiro atoms. The van der Waals surface area contributed by atoms with Gasteiger partial charge in [-0.15, -0.1) is 0 Å². The summed E-state index contributed by atoms with van der Waals surface area (Å²) < 4.78 is 17.1. The van der Waals surface area contributed by atoms with Crippen molar-refractivity contribution in [2.75, 3.05) is 7.11 Å². The minimum Gasteiger partial charge on any atom is -0.479 e. The highest BCUT2D eigenvalue weighted by Gasteiger charge is 2.19. The van der Waals surface area contributed by atoms with Crippen LogP contribution in [0.25, 0.3) is 0 Å². The number of carboxylic acids is 1. The Labute approximate surface area is 74.0 Å². The first-order valence-electron chi connectivity index (χ1n) is 3.52. The Balaban J connectivity index is 2.92. The minimum atomic E-state index is -1.15. The SMILES string of the molecule is CO[C@@H](C(=O)O)c1ccc(F)cn1. The van der Waals surface area contributed by atoms with E-state index in [-0.39, 0.29) is 5.69 Å². The fourth-order valence-corrected chi connectivity index (χ4v) is 0.890. The molecule has 0 saturated carbocycles. The molecule has 0 amide bonds. The molecule has 70 valence electrons. The summed E-state index contributed by atoms with van der Waals surface area (Å²) >= 11 is 0. The molecule has 0 bridgehead atoms. The van der Waals surface area contributed by atoms with E-state index in [1.54, 1.807) is 0 Å². The van der Waals surface area contributed by atoms with E-state index in [0.29, 0.717) is 0 Å². The van der Waals surface area contributed by atoms with Gasteiger partial charge in [0.1, 0.15) is 5.82 Å². The van der Waals surface area contributed by atoms with Gasteiger partial charge in [0.2, 0.25) is 0 Å². The molecule has 0 aliphatic carbocycles. The van der Waals surface area contributed by atoms with Crippen LogP contribution in [0.2, 0.25) is 0 Å². The third-order valence-corrected chi connectivity index (χ3v) is 1.48. The average Bonchev–Trinajstić information content (AvgIpc) is 2.09. The molecule has 1 aromatic rings. The number of methoxy groups -OCH3 is 1. The van der Waals surface area contributed by atoms with Crippen LogP contribution >= 0.6 is 0 Å². The second-order valence-corrected chi connectivity index (χ2v) is 2.36. The second-order valence-electron chi connectivity index (χ2n) is 2.36. The number of carbonyl (C=O) groups is 1. The maximum absolute atomic E-state index is 12.4. The standard InChI is InChI=1S/C8H8FNO3/c1-13-7(8(11)12)6-3-2-5(9)4-10-6/h2-4,7H,1H3,(H,11,12)/t7-/m1/s1. The van der Waals surface area contributed by atoms with Gasteiger partial charge in [0.15, 0.2) is 6.10 Å². The molecule has 1 heterocycles. The van der Waals surface area contributed by atoms with Gasteiger partial charge < -0.3 is 9.84 Å². The van der Waals surface area contributed by atoms with Crippen LogP contribution in [0, 0.1) is 5.82 Å². The van der Waals surface area contributed by atoms with Crippen molar-refractivity contribution in [2.24, 2.45) is 0 Å². The number of halogens is 1. The second kappa shape index (κ2) is 3.95. The first kappa shape index (κ1) is 9.60. The van der Waals surface area contributed by atoms with Crippen LogP contribution in [0.1, 0.15) is 11.8 Å². The Morgan fingerprint density at radius 1 is 1.69 bits per heavy atom. The van der Waals surface area contributed by atoms with Crippen LogP contribution in [-0.2, 0) is 9.53 Å². The number of carboxylic acid groups (broad SMARTS) is 1. The van der Waals surface area contributed by atoms with Crippen molar-refractivity contribution >= 4 is 5.97 Å². The predicted octanol–water partition coefficient (Wildman–Crippen LogP) is 0.993. The van der Waals surface area contributed by atoms with Gasteiger partial charge >= 0.3 is 5.97 Å². The smallest absolute Gasteiger partial charge is 0.339 e. The number of aromatic nitrogens is 1. The first-order valence-corrected chi connectivity index (χ1v) is 3.52. The van der Waals surface area contributed by atoms with E-state index in [2.05, 4.69) is 9.72 Å². The summed E-state index contributed by atoms with van der Waals surface area (Å²) in [5.41, 5.74) is 0.177. The highest BCUT2D eigenvalue weighted by atomic mass is 19.1. The molecule has 0 aliphatic rings. The van der Waals surface area contributed by atoms with E-state index in [4.69, 9.17) is 5.11 Å². The van der Waals surface area contributed by atoms with Gasteiger partial charge in [0, 0.05) is 7.11 Å². The van der Waals surface area contributed by atoms with Crippen molar-refractivity contribution < 1.29 is 19.0 Å². The van der Waals surface area contributed by atoms with E-state index in [0.717, 1.165) is 12.3 Å². The van der Waals surface area contributed by atoms with Crippen LogP contribution in [0.4, 0.5) is 4.39 Å². The van der Waals surface area contributed by atoms with E-state index in [1.165, 1.54) is 13.2 Å². The van der Waals surface area contributed by atoms with Crippen LogP contribution in [-0.4, -0.2) is 23.2 Å². The lowest BCUT2D eigenvalue weighted by atomic mass is 10.2. The fraction of sp³-hybridized carbons (Fsp3) is 0.250. The van der Waals surface area contributed by atoms with E-state index in [1.807, 2.05) is 0 Å². The molecule has 0 unspecified atom stereocenters. The Hall–Kier alpha value is -1.49. The largest absolute Gasteiger partial charge is 0.479 e. The van der Waals surface area contributed by atoms with Crippen molar-refractivity contribution in [2.45, 2.75) is 6.10 Å². The van der Waals surface area contributed by atoms with Crippen LogP contribution in [0.5, 0.6) is 0 Å². The lowest BCUT2D eigenvalue weighted by Crippen LogP contribution is -2.14. The van der Waals surface area contributed by atoms with Gasteiger partial charge in [-0.3, -0.25) is 4.98 Å². The van der Waals surface area contributed by atoms with Gasteiger partial charge in [-0.1, -0.05) is 0 Å². The molecule has 1 rings (SSSR count). The zero-order valence-corrected chi connectivity index (χ0v) is 6.90. The summed E-state index contributed by atoms with van der Waals surface area (Å²) in [6.07, 6.45) is -0.190. The molecule has 0 saturated heterocycles. The lowest BCUT2D eigenvalue weighted by Gasteiger charge is -2.08. The molecular formula is C8H8FNO3. The van der Waals surface area contributed by atoms with Gasteiger partial charge in [-0.05, 0) is 12.1 Å². The Kier molecular flexibility index (Phi) is 2.92. The maximum atomic E-state index is 12.4. The number of nitrogens with zero attached hydrogens (tertiary/aromatic N) is 1. The van der Waals surface area contributed by atoms with Gasteiger partial charge in [-0.2, -0.15) is 0 Å². The van der Waals surface area contributed by atoms with E-state index < -0.39 is 17.9 Å². The molecule has 0 aliphatic heterocycles. The number of hydrogen-bond acceptors (Lipinski definition) is 3. The highest BCUT2D eigenvalue weighted by Crippen LogP contribution is 2.13. The lowest BCUT2D eigenvalue weighted by molar-refractivity contribution is -0.149. The average molecular weight is 185 g/mol. The number of pyridine rings is 1. The monoisotopic (exact) mass is 185 g/mol. The summed E-state index contributed by atoms with van der Waals surface area (Å²) in [7, 11) is 1.25. The molecule has 13 heavy (non-hydrogen) atoms. The molecule has 1 N–H and O–H groups in total. The van der Waals surface area contributed by atoms with Crippen molar-refractivity contribution in [3.63, 3.8) is 0 Å². The topological polar surface area (TPSA) is 59.4 Å². The molecule has 4 nitrogen and oxygen atoms in total. The zero-order chi connectivity index (χ0) is 9.84. The predicted molar refractivity (Wildman–Crippen MR) is 41.6 cm³/mol.